The van der Waals surface area contributed by atoms with Crippen molar-refractivity contribution in [3.05, 3.63) is 59.1 Å². The molecule has 0 aromatic heterocycles. The summed E-state index contributed by atoms with van der Waals surface area (Å²) in [5.74, 6) is -0.265. The van der Waals surface area contributed by atoms with Gasteiger partial charge in [-0.25, -0.2) is 0 Å². The van der Waals surface area contributed by atoms with E-state index < -0.39 is 0 Å². The fraction of sp³-hybridized carbons (Fsp3) is 0.333. The summed E-state index contributed by atoms with van der Waals surface area (Å²) in [4.78, 5) is 29.0. The number of ether oxygens (including phenoxy) is 1. The summed E-state index contributed by atoms with van der Waals surface area (Å²) in [5, 5.41) is 3.50. The van der Waals surface area contributed by atoms with Crippen molar-refractivity contribution < 1.29 is 14.3 Å². The van der Waals surface area contributed by atoms with Crippen LogP contribution in [0.5, 0.6) is 0 Å². The van der Waals surface area contributed by atoms with Gasteiger partial charge in [0.25, 0.3) is 0 Å². The van der Waals surface area contributed by atoms with Gasteiger partial charge in [-0.2, -0.15) is 0 Å². The third-order valence-corrected chi connectivity index (χ3v) is 5.53. The number of carbonyl (C=O) groups is 2. The molecule has 6 nitrogen and oxygen atoms in total. The molecule has 28 heavy (non-hydrogen) atoms. The van der Waals surface area contributed by atoms with Crippen molar-refractivity contribution in [1.29, 1.82) is 0 Å². The Balaban J connectivity index is 1.51. The first-order chi connectivity index (χ1) is 13.5. The van der Waals surface area contributed by atoms with Crippen molar-refractivity contribution in [3.63, 3.8) is 0 Å². The van der Waals surface area contributed by atoms with E-state index in [-0.39, 0.29) is 30.5 Å². The highest BCUT2D eigenvalue weighted by molar-refractivity contribution is 6.30. The van der Waals surface area contributed by atoms with Crippen molar-refractivity contribution in [2.45, 2.75) is 19.1 Å². The number of nitrogens with zero attached hydrogens (tertiary/aromatic N) is 2. The minimum atomic E-state index is -0.363. The lowest BCUT2D eigenvalue weighted by atomic mass is 10.1. The van der Waals surface area contributed by atoms with Gasteiger partial charge in [0, 0.05) is 18.1 Å². The Morgan fingerprint density at radius 2 is 1.96 bits per heavy atom. The molecule has 0 saturated carbocycles. The van der Waals surface area contributed by atoms with Crippen LogP contribution in [0.15, 0.2) is 48.5 Å². The zero-order valence-electron chi connectivity index (χ0n) is 15.6. The quantitative estimate of drug-likeness (QED) is 0.861. The molecule has 2 aromatic carbocycles. The van der Waals surface area contributed by atoms with Gasteiger partial charge in [-0.05, 0) is 36.8 Å². The highest BCUT2D eigenvalue weighted by atomic mass is 35.5. The first kappa shape index (κ1) is 18.9. The largest absolute Gasteiger partial charge is 0.371 e. The predicted molar refractivity (Wildman–Crippen MR) is 109 cm³/mol. The van der Waals surface area contributed by atoms with Crippen molar-refractivity contribution in [2.75, 3.05) is 36.5 Å². The monoisotopic (exact) mass is 399 g/mol. The maximum absolute atomic E-state index is 13.2. The van der Waals surface area contributed by atoms with Gasteiger partial charge in [0.2, 0.25) is 11.8 Å². The number of hydrogen-bond donors (Lipinski definition) is 1. The smallest absolute Gasteiger partial charge is 0.244 e. The van der Waals surface area contributed by atoms with E-state index in [2.05, 4.69) is 10.2 Å². The van der Waals surface area contributed by atoms with Crippen molar-refractivity contribution in [2.24, 2.45) is 0 Å². The van der Waals surface area contributed by atoms with Gasteiger partial charge in [-0.3, -0.25) is 19.4 Å². The second kappa shape index (κ2) is 7.91. The van der Waals surface area contributed by atoms with Gasteiger partial charge in [0.1, 0.15) is 6.54 Å². The molecule has 4 rings (SSSR count). The number of fused-ring (bicyclic) bond motifs is 1. The van der Waals surface area contributed by atoms with Gasteiger partial charge in [-0.15, -0.1) is 0 Å². The molecule has 7 heteroatoms. The zero-order chi connectivity index (χ0) is 19.7. The molecule has 0 unspecified atom stereocenters. The summed E-state index contributed by atoms with van der Waals surface area (Å²) >= 11 is 5.98. The van der Waals surface area contributed by atoms with E-state index >= 15 is 0 Å². The van der Waals surface area contributed by atoms with Crippen LogP contribution < -0.4 is 10.2 Å². The van der Waals surface area contributed by atoms with E-state index in [1.165, 1.54) is 0 Å². The second-order valence-corrected chi connectivity index (χ2v) is 7.51. The van der Waals surface area contributed by atoms with Gasteiger partial charge in [-0.1, -0.05) is 35.9 Å². The van der Waals surface area contributed by atoms with Crippen LogP contribution in [-0.2, 0) is 14.3 Å². The second-order valence-electron chi connectivity index (χ2n) is 7.07. The maximum Gasteiger partial charge on any atom is 0.244 e. The zero-order valence-corrected chi connectivity index (χ0v) is 16.4. The number of benzene rings is 2. The van der Waals surface area contributed by atoms with Crippen LogP contribution in [0.4, 0.5) is 11.4 Å². The van der Waals surface area contributed by atoms with E-state index in [1.54, 1.807) is 4.90 Å². The van der Waals surface area contributed by atoms with Gasteiger partial charge >= 0.3 is 0 Å². The molecule has 2 heterocycles. The SMILES string of the molecule is C[C@H](C(=O)N1CC(=O)Nc2ccccc21)N1CCO[C@H](c2ccc(Cl)cc2)C1. The van der Waals surface area contributed by atoms with E-state index in [9.17, 15) is 9.59 Å². The first-order valence-corrected chi connectivity index (χ1v) is 9.72. The molecule has 0 bridgehead atoms. The number of nitrogens with one attached hydrogen (secondary N) is 1. The number of para-hydroxylation sites is 2. The first-order valence-electron chi connectivity index (χ1n) is 9.34. The van der Waals surface area contributed by atoms with E-state index in [0.29, 0.717) is 30.4 Å². The molecule has 1 fully saturated rings. The molecule has 1 N–H and O–H groups in total. The van der Waals surface area contributed by atoms with Crippen molar-refractivity contribution in [1.82, 2.24) is 4.90 Å². The lowest BCUT2D eigenvalue weighted by Crippen LogP contribution is -2.54. The lowest BCUT2D eigenvalue weighted by Gasteiger charge is -2.39. The summed E-state index contributed by atoms with van der Waals surface area (Å²) < 4.78 is 5.91. The normalized spacial score (nSPS) is 21.0. The standard InChI is InChI=1S/C21H22ClN3O3/c1-14(21(27)25-13-20(26)23-17-4-2-3-5-18(17)25)24-10-11-28-19(12-24)15-6-8-16(22)9-7-15/h2-9,14,19H,10-13H2,1H3,(H,23,26)/t14-,19+/m1/s1. The van der Waals surface area contributed by atoms with Crippen LogP contribution in [0, 0.1) is 0 Å². The van der Waals surface area contributed by atoms with E-state index in [0.717, 1.165) is 11.3 Å². The maximum atomic E-state index is 13.2. The number of rotatable bonds is 3. The summed E-state index contributed by atoms with van der Waals surface area (Å²) in [6.45, 7) is 3.74. The molecule has 2 amide bonds. The average molecular weight is 400 g/mol. The molecule has 2 aromatic rings. The molecule has 2 atom stereocenters. The van der Waals surface area contributed by atoms with Crippen LogP contribution in [0.1, 0.15) is 18.6 Å². The Morgan fingerprint density at radius 1 is 1.21 bits per heavy atom. The Bertz CT molecular complexity index is 887. The average Bonchev–Trinajstić information content (AvgIpc) is 2.72. The number of hydrogen-bond acceptors (Lipinski definition) is 4. The lowest BCUT2D eigenvalue weighted by molar-refractivity contribution is -0.128. The van der Waals surface area contributed by atoms with Crippen LogP contribution in [-0.4, -0.2) is 49.0 Å². The minimum Gasteiger partial charge on any atom is -0.371 e. The molecule has 0 radical (unpaired) electrons. The molecule has 1 saturated heterocycles. The summed E-state index contributed by atoms with van der Waals surface area (Å²) in [7, 11) is 0. The molecule has 146 valence electrons. The fourth-order valence-electron chi connectivity index (χ4n) is 3.71. The Hall–Kier alpha value is -2.41. The van der Waals surface area contributed by atoms with Crippen LogP contribution in [0.2, 0.25) is 5.02 Å². The van der Waals surface area contributed by atoms with Crippen LogP contribution in [0.3, 0.4) is 0 Å². The summed E-state index contributed by atoms with van der Waals surface area (Å²) in [5.41, 5.74) is 2.44. The summed E-state index contributed by atoms with van der Waals surface area (Å²) in [6.07, 6.45) is -0.113. The van der Waals surface area contributed by atoms with Gasteiger partial charge < -0.3 is 10.1 Å². The number of halogens is 1. The Kier molecular flexibility index (Phi) is 5.35. The third-order valence-electron chi connectivity index (χ3n) is 5.28. The molecular formula is C21H22ClN3O3. The van der Waals surface area contributed by atoms with Crippen molar-refractivity contribution >= 4 is 34.8 Å². The summed E-state index contributed by atoms with van der Waals surface area (Å²) in [6, 6.07) is 14.6. The topological polar surface area (TPSA) is 61.9 Å². The predicted octanol–water partition coefficient (Wildman–Crippen LogP) is 3.09. The third kappa shape index (κ3) is 3.76. The van der Waals surface area contributed by atoms with E-state index in [4.69, 9.17) is 16.3 Å². The Labute approximate surface area is 169 Å². The molecule has 0 spiro atoms. The highest BCUT2D eigenvalue weighted by Gasteiger charge is 2.34. The Morgan fingerprint density at radius 3 is 2.75 bits per heavy atom. The highest BCUT2D eigenvalue weighted by Crippen LogP contribution is 2.31. The van der Waals surface area contributed by atoms with Gasteiger partial charge in [0.15, 0.2) is 0 Å². The minimum absolute atomic E-state index is 0.0329. The molecule has 2 aliphatic rings. The molecule has 0 aliphatic carbocycles. The molecule has 2 aliphatic heterocycles. The van der Waals surface area contributed by atoms with Gasteiger partial charge in [0.05, 0.1) is 30.1 Å². The van der Waals surface area contributed by atoms with E-state index in [1.807, 2.05) is 55.5 Å². The number of morpholine rings is 1. The number of amides is 2. The fourth-order valence-corrected chi connectivity index (χ4v) is 3.84. The number of anilines is 2. The number of carbonyl (C=O) groups excluding carboxylic acids is 2. The van der Waals surface area contributed by atoms with Crippen LogP contribution in [0.25, 0.3) is 0 Å². The van der Waals surface area contributed by atoms with Crippen LogP contribution >= 0.6 is 11.6 Å². The molecular weight excluding hydrogens is 378 g/mol. The van der Waals surface area contributed by atoms with Crippen molar-refractivity contribution in [3.8, 4) is 0 Å².